The summed E-state index contributed by atoms with van der Waals surface area (Å²) >= 11 is 0. The van der Waals surface area contributed by atoms with Crippen molar-refractivity contribution in [2.45, 2.75) is 39.7 Å². The molecule has 0 N–H and O–H groups in total. The lowest BCUT2D eigenvalue weighted by Crippen LogP contribution is -2.47. The highest BCUT2D eigenvalue weighted by Gasteiger charge is 2.21. The largest absolute Gasteiger partial charge is 0.326 e. The third kappa shape index (κ3) is 2.30. The molecule has 0 aliphatic carbocycles. The Morgan fingerprint density at radius 1 is 1.00 bits per heavy atom. The fourth-order valence-corrected chi connectivity index (χ4v) is 1.54. The Labute approximate surface area is 65.6 Å². The van der Waals surface area contributed by atoms with Crippen LogP contribution in [-0.4, -0.2) is 31.2 Å². The standard InChI is InChI=1S/C9H22N/c1-6-9(7-2)10(4,5)8-3/h9H,6-8H2,1-5H3/q+1. The van der Waals surface area contributed by atoms with Gasteiger partial charge >= 0.3 is 0 Å². The number of nitrogens with zero attached hydrogens (tertiary/aromatic N) is 1. The van der Waals surface area contributed by atoms with Gasteiger partial charge in [0.05, 0.1) is 26.7 Å². The fraction of sp³-hybridized carbons (Fsp3) is 1.00. The molecule has 0 fully saturated rings. The molecule has 0 aromatic carbocycles. The van der Waals surface area contributed by atoms with Crippen molar-refractivity contribution in [1.82, 2.24) is 0 Å². The Morgan fingerprint density at radius 3 is 1.50 bits per heavy atom. The lowest BCUT2D eigenvalue weighted by Gasteiger charge is -2.36. The van der Waals surface area contributed by atoms with Crippen LogP contribution in [0.4, 0.5) is 0 Å². The maximum absolute atomic E-state index is 2.32. The summed E-state index contributed by atoms with van der Waals surface area (Å²) in [6.45, 7) is 8.07. The Kier molecular flexibility index (Phi) is 3.95. The quantitative estimate of drug-likeness (QED) is 0.531. The molecule has 0 aromatic rings. The number of hydrogen-bond acceptors (Lipinski definition) is 0. The lowest BCUT2D eigenvalue weighted by atomic mass is 10.1. The molecule has 0 saturated heterocycles. The minimum absolute atomic E-state index is 0.852. The summed E-state index contributed by atoms with van der Waals surface area (Å²) in [6, 6.07) is 0.852. The van der Waals surface area contributed by atoms with Crippen LogP contribution in [0.25, 0.3) is 0 Å². The van der Waals surface area contributed by atoms with E-state index in [2.05, 4.69) is 34.9 Å². The molecule has 0 aromatic heterocycles. The molecule has 1 nitrogen and oxygen atoms in total. The van der Waals surface area contributed by atoms with Gasteiger partial charge in [-0.05, 0) is 19.8 Å². The van der Waals surface area contributed by atoms with Crippen molar-refractivity contribution in [3.63, 3.8) is 0 Å². The van der Waals surface area contributed by atoms with Crippen LogP contribution in [0.5, 0.6) is 0 Å². The van der Waals surface area contributed by atoms with Crippen LogP contribution in [0.2, 0.25) is 0 Å². The van der Waals surface area contributed by atoms with E-state index < -0.39 is 0 Å². The van der Waals surface area contributed by atoms with Gasteiger partial charge in [0.25, 0.3) is 0 Å². The second-order valence-corrected chi connectivity index (χ2v) is 3.57. The average molecular weight is 144 g/mol. The zero-order valence-corrected chi connectivity index (χ0v) is 8.15. The van der Waals surface area contributed by atoms with Crippen molar-refractivity contribution in [2.75, 3.05) is 20.6 Å². The maximum Gasteiger partial charge on any atom is 0.0880 e. The summed E-state index contributed by atoms with van der Waals surface area (Å²) in [4.78, 5) is 0. The molecule has 0 atom stereocenters. The van der Waals surface area contributed by atoms with Gasteiger partial charge in [0, 0.05) is 0 Å². The van der Waals surface area contributed by atoms with Crippen LogP contribution in [-0.2, 0) is 0 Å². The van der Waals surface area contributed by atoms with Crippen molar-refractivity contribution in [2.24, 2.45) is 0 Å². The minimum atomic E-state index is 0.852. The van der Waals surface area contributed by atoms with E-state index in [4.69, 9.17) is 0 Å². The highest BCUT2D eigenvalue weighted by molar-refractivity contribution is 4.51. The van der Waals surface area contributed by atoms with E-state index in [1.54, 1.807) is 0 Å². The number of rotatable bonds is 4. The molecule has 0 aliphatic heterocycles. The molecule has 0 aliphatic rings. The summed E-state index contributed by atoms with van der Waals surface area (Å²) in [5.41, 5.74) is 0. The van der Waals surface area contributed by atoms with E-state index in [0.29, 0.717) is 0 Å². The van der Waals surface area contributed by atoms with Gasteiger partial charge in [-0.15, -0.1) is 0 Å². The molecule has 10 heavy (non-hydrogen) atoms. The van der Waals surface area contributed by atoms with Crippen LogP contribution < -0.4 is 0 Å². The Hall–Kier alpha value is -0.0400. The fourth-order valence-electron chi connectivity index (χ4n) is 1.54. The van der Waals surface area contributed by atoms with Crippen molar-refractivity contribution < 1.29 is 4.48 Å². The first-order valence-electron chi connectivity index (χ1n) is 4.41. The molecule has 0 bridgehead atoms. The highest BCUT2D eigenvalue weighted by Crippen LogP contribution is 2.12. The van der Waals surface area contributed by atoms with Crippen LogP contribution in [0, 0.1) is 0 Å². The van der Waals surface area contributed by atoms with E-state index in [-0.39, 0.29) is 0 Å². The second-order valence-electron chi connectivity index (χ2n) is 3.57. The average Bonchev–Trinajstić information content (AvgIpc) is 1.90. The van der Waals surface area contributed by atoms with E-state index in [1.165, 1.54) is 23.9 Å². The third-order valence-corrected chi connectivity index (χ3v) is 2.75. The molecule has 0 spiro atoms. The molecule has 0 rings (SSSR count). The highest BCUT2D eigenvalue weighted by atomic mass is 15.3. The first-order chi connectivity index (χ1) is 4.58. The smallest absolute Gasteiger partial charge is 0.0880 e. The summed E-state index contributed by atoms with van der Waals surface area (Å²) in [5.74, 6) is 0. The predicted octanol–water partition coefficient (Wildman–Crippen LogP) is 2.27. The molecular formula is C9H22N+. The van der Waals surface area contributed by atoms with Gasteiger partial charge in [0.2, 0.25) is 0 Å². The maximum atomic E-state index is 2.32. The molecule has 0 heterocycles. The van der Waals surface area contributed by atoms with Crippen LogP contribution in [0.15, 0.2) is 0 Å². The zero-order chi connectivity index (χ0) is 8.20. The topological polar surface area (TPSA) is 0 Å². The van der Waals surface area contributed by atoms with E-state index in [9.17, 15) is 0 Å². The van der Waals surface area contributed by atoms with E-state index in [1.807, 2.05) is 0 Å². The first kappa shape index (κ1) is 9.96. The molecule has 0 unspecified atom stereocenters. The van der Waals surface area contributed by atoms with Crippen LogP contribution in [0.1, 0.15) is 33.6 Å². The van der Waals surface area contributed by atoms with Crippen LogP contribution in [0.3, 0.4) is 0 Å². The zero-order valence-electron chi connectivity index (χ0n) is 8.15. The number of quaternary nitrogens is 1. The molecule has 0 saturated carbocycles. The molecule has 62 valence electrons. The van der Waals surface area contributed by atoms with Gasteiger partial charge in [-0.1, -0.05) is 13.8 Å². The normalized spacial score (nSPS) is 12.6. The van der Waals surface area contributed by atoms with Crippen LogP contribution >= 0.6 is 0 Å². The van der Waals surface area contributed by atoms with Crippen molar-refractivity contribution >= 4 is 0 Å². The van der Waals surface area contributed by atoms with Crippen molar-refractivity contribution in [3.8, 4) is 0 Å². The minimum Gasteiger partial charge on any atom is -0.326 e. The van der Waals surface area contributed by atoms with Gasteiger partial charge in [-0.3, -0.25) is 0 Å². The Morgan fingerprint density at radius 2 is 1.40 bits per heavy atom. The molecule has 0 amide bonds. The summed E-state index contributed by atoms with van der Waals surface area (Å²) in [5, 5.41) is 0. The van der Waals surface area contributed by atoms with Gasteiger partial charge in [0.15, 0.2) is 0 Å². The molecule has 0 radical (unpaired) electrons. The van der Waals surface area contributed by atoms with Crippen molar-refractivity contribution in [3.05, 3.63) is 0 Å². The number of hydrogen-bond donors (Lipinski definition) is 0. The summed E-state index contributed by atoms with van der Waals surface area (Å²) < 4.78 is 1.17. The molecule has 1 heteroatoms. The lowest BCUT2D eigenvalue weighted by molar-refractivity contribution is -0.913. The Bertz CT molecular complexity index is 82.7. The SMILES string of the molecule is CCC(CC)[N+](C)(C)CC. The Balaban J connectivity index is 3.97. The monoisotopic (exact) mass is 144 g/mol. The van der Waals surface area contributed by atoms with E-state index in [0.717, 1.165) is 6.04 Å². The van der Waals surface area contributed by atoms with Gasteiger partial charge in [-0.2, -0.15) is 0 Å². The van der Waals surface area contributed by atoms with Crippen molar-refractivity contribution in [1.29, 1.82) is 0 Å². The van der Waals surface area contributed by atoms with Gasteiger partial charge < -0.3 is 4.48 Å². The molecular weight excluding hydrogens is 122 g/mol. The van der Waals surface area contributed by atoms with Gasteiger partial charge in [-0.25, -0.2) is 0 Å². The first-order valence-corrected chi connectivity index (χ1v) is 4.41. The van der Waals surface area contributed by atoms with E-state index >= 15 is 0 Å². The second kappa shape index (κ2) is 3.97. The van der Waals surface area contributed by atoms with Gasteiger partial charge in [0.1, 0.15) is 0 Å². The third-order valence-electron chi connectivity index (χ3n) is 2.75. The summed E-state index contributed by atoms with van der Waals surface area (Å²) in [6.07, 6.45) is 2.61. The predicted molar refractivity (Wildman–Crippen MR) is 47.0 cm³/mol. The summed E-state index contributed by atoms with van der Waals surface area (Å²) in [7, 11) is 4.63.